The molecule has 2 heterocycles. The zero-order chi connectivity index (χ0) is 19.2. The van der Waals surface area contributed by atoms with E-state index in [1.165, 1.54) is 11.1 Å². The molecule has 4 heteroatoms. The second-order valence-electron chi connectivity index (χ2n) is 7.67. The van der Waals surface area contributed by atoms with Crippen molar-refractivity contribution in [3.63, 3.8) is 0 Å². The van der Waals surface area contributed by atoms with E-state index in [4.69, 9.17) is 4.52 Å². The van der Waals surface area contributed by atoms with E-state index in [1.807, 2.05) is 0 Å². The van der Waals surface area contributed by atoms with Crippen LogP contribution in [0.2, 0.25) is 0 Å². The third-order valence-corrected chi connectivity index (χ3v) is 5.86. The Labute approximate surface area is 166 Å². The van der Waals surface area contributed by atoms with Gasteiger partial charge in [0.1, 0.15) is 5.76 Å². The van der Waals surface area contributed by atoms with Gasteiger partial charge < -0.3 is 9.84 Å². The Kier molecular flexibility index (Phi) is 6.07. The third-order valence-electron chi connectivity index (χ3n) is 5.86. The molecule has 0 amide bonds. The number of aromatic amines is 1. The fourth-order valence-corrected chi connectivity index (χ4v) is 4.37. The van der Waals surface area contributed by atoms with Gasteiger partial charge in [-0.2, -0.15) is 5.16 Å². The first-order valence-electron chi connectivity index (χ1n) is 10.3. The van der Waals surface area contributed by atoms with E-state index in [2.05, 4.69) is 71.1 Å². The highest BCUT2D eigenvalue weighted by Crippen LogP contribution is 2.31. The van der Waals surface area contributed by atoms with Gasteiger partial charge in [0.05, 0.1) is 5.56 Å². The number of H-pyrrole nitrogens is 1. The third kappa shape index (κ3) is 4.28. The number of hydrogen-bond acceptors (Lipinski definition) is 3. The predicted octanol–water partition coefficient (Wildman–Crippen LogP) is 4.59. The molecule has 4 nitrogen and oxygen atoms in total. The van der Waals surface area contributed by atoms with Crippen molar-refractivity contribution in [2.24, 2.45) is 0 Å². The molecule has 0 saturated carbocycles. The van der Waals surface area contributed by atoms with Crippen LogP contribution < -0.4 is 10.9 Å². The molecule has 2 aromatic carbocycles. The standard InChI is InChI=1S/C24H28N2O2/c27-24-22(23(28-26-24)20-14-16-25-17-15-20)13-7-12-21(18-8-3-1-4-9-18)19-10-5-2-6-11-19/h1-6,8-11,20-21,25H,7,12-17H2,(H,26,27). The molecule has 28 heavy (non-hydrogen) atoms. The van der Waals surface area contributed by atoms with Gasteiger partial charge in [-0.1, -0.05) is 60.7 Å². The maximum absolute atomic E-state index is 12.3. The van der Waals surface area contributed by atoms with Crippen LogP contribution in [0, 0.1) is 0 Å². The first kappa shape index (κ1) is 18.8. The van der Waals surface area contributed by atoms with E-state index >= 15 is 0 Å². The molecule has 0 unspecified atom stereocenters. The lowest BCUT2D eigenvalue weighted by atomic mass is 9.86. The van der Waals surface area contributed by atoms with Crippen molar-refractivity contribution >= 4 is 0 Å². The van der Waals surface area contributed by atoms with Crippen molar-refractivity contribution in [1.82, 2.24) is 10.5 Å². The minimum Gasteiger partial charge on any atom is -0.383 e. The summed E-state index contributed by atoms with van der Waals surface area (Å²) in [6.45, 7) is 1.98. The number of nitrogens with one attached hydrogen (secondary N) is 2. The van der Waals surface area contributed by atoms with E-state index in [-0.39, 0.29) is 5.56 Å². The van der Waals surface area contributed by atoms with E-state index in [0.717, 1.165) is 56.5 Å². The molecule has 146 valence electrons. The summed E-state index contributed by atoms with van der Waals surface area (Å²) in [6.07, 6.45) is 4.79. The number of rotatable bonds is 7. The van der Waals surface area contributed by atoms with Crippen LogP contribution in [0.3, 0.4) is 0 Å². The molecule has 1 aromatic heterocycles. The van der Waals surface area contributed by atoms with E-state index in [0.29, 0.717) is 11.8 Å². The fourth-order valence-electron chi connectivity index (χ4n) is 4.37. The second kappa shape index (κ2) is 9.07. The van der Waals surface area contributed by atoms with Crippen LogP contribution in [-0.4, -0.2) is 18.2 Å². The lowest BCUT2D eigenvalue weighted by Crippen LogP contribution is -2.27. The molecular formula is C24H28N2O2. The Bertz CT molecular complexity index is 869. The lowest BCUT2D eigenvalue weighted by molar-refractivity contribution is 0.323. The Morgan fingerprint density at radius 3 is 2.14 bits per heavy atom. The summed E-state index contributed by atoms with van der Waals surface area (Å²) >= 11 is 0. The van der Waals surface area contributed by atoms with Crippen LogP contribution >= 0.6 is 0 Å². The molecule has 1 saturated heterocycles. The normalized spacial score (nSPS) is 15.2. The van der Waals surface area contributed by atoms with Crippen molar-refractivity contribution < 1.29 is 4.52 Å². The second-order valence-corrected chi connectivity index (χ2v) is 7.67. The summed E-state index contributed by atoms with van der Waals surface area (Å²) in [5.74, 6) is 1.59. The van der Waals surface area contributed by atoms with Gasteiger partial charge in [-0.3, -0.25) is 4.79 Å². The maximum atomic E-state index is 12.3. The van der Waals surface area contributed by atoms with Crippen LogP contribution in [-0.2, 0) is 6.42 Å². The molecule has 2 N–H and O–H groups in total. The van der Waals surface area contributed by atoms with Gasteiger partial charge in [0.15, 0.2) is 0 Å². The van der Waals surface area contributed by atoms with Gasteiger partial charge in [0.25, 0.3) is 5.56 Å². The van der Waals surface area contributed by atoms with Gasteiger partial charge in [-0.15, -0.1) is 0 Å². The first-order chi connectivity index (χ1) is 13.8. The van der Waals surface area contributed by atoms with Crippen molar-refractivity contribution in [3.8, 4) is 0 Å². The van der Waals surface area contributed by atoms with Crippen LogP contribution in [0.4, 0.5) is 0 Å². The molecule has 4 rings (SSSR count). The quantitative estimate of drug-likeness (QED) is 0.634. The Balaban J connectivity index is 1.48. The van der Waals surface area contributed by atoms with Crippen LogP contribution in [0.1, 0.15) is 60.0 Å². The Morgan fingerprint density at radius 1 is 0.929 bits per heavy atom. The van der Waals surface area contributed by atoms with E-state index < -0.39 is 0 Å². The van der Waals surface area contributed by atoms with Crippen molar-refractivity contribution in [2.75, 3.05) is 13.1 Å². The molecule has 3 aromatic rings. The molecule has 1 aliphatic rings. The molecule has 0 atom stereocenters. The van der Waals surface area contributed by atoms with Crippen LogP contribution in [0.25, 0.3) is 0 Å². The highest BCUT2D eigenvalue weighted by molar-refractivity contribution is 5.32. The maximum Gasteiger partial charge on any atom is 0.283 e. The number of benzene rings is 2. The van der Waals surface area contributed by atoms with Gasteiger partial charge >= 0.3 is 0 Å². The minimum absolute atomic E-state index is 0.0514. The number of aromatic nitrogens is 1. The largest absolute Gasteiger partial charge is 0.383 e. The van der Waals surface area contributed by atoms with Crippen molar-refractivity contribution in [3.05, 3.63) is 93.5 Å². The van der Waals surface area contributed by atoms with Crippen molar-refractivity contribution in [1.29, 1.82) is 0 Å². The SMILES string of the molecule is O=c1[nH]oc(C2CCNCC2)c1CCCC(c1ccccc1)c1ccccc1. The number of hydrogen-bond donors (Lipinski definition) is 2. The molecular weight excluding hydrogens is 348 g/mol. The van der Waals surface area contributed by atoms with Crippen LogP contribution in [0.15, 0.2) is 70.0 Å². The summed E-state index contributed by atoms with van der Waals surface area (Å²) in [7, 11) is 0. The predicted molar refractivity (Wildman–Crippen MR) is 112 cm³/mol. The average molecular weight is 376 g/mol. The Morgan fingerprint density at radius 2 is 1.54 bits per heavy atom. The molecule has 0 bridgehead atoms. The summed E-state index contributed by atoms with van der Waals surface area (Å²) in [5.41, 5.74) is 3.46. The highest BCUT2D eigenvalue weighted by atomic mass is 16.5. The molecule has 1 fully saturated rings. The van der Waals surface area contributed by atoms with Gasteiger partial charge in [-0.05, 0) is 56.3 Å². The van der Waals surface area contributed by atoms with E-state index in [9.17, 15) is 4.79 Å². The minimum atomic E-state index is -0.0514. The lowest BCUT2D eigenvalue weighted by Gasteiger charge is -2.21. The smallest absolute Gasteiger partial charge is 0.283 e. The molecule has 0 spiro atoms. The van der Waals surface area contributed by atoms with Gasteiger partial charge in [-0.25, -0.2) is 0 Å². The van der Waals surface area contributed by atoms with Crippen molar-refractivity contribution in [2.45, 2.75) is 43.9 Å². The summed E-state index contributed by atoms with van der Waals surface area (Å²) < 4.78 is 5.60. The highest BCUT2D eigenvalue weighted by Gasteiger charge is 2.24. The molecule has 0 aliphatic carbocycles. The fraction of sp³-hybridized carbons (Fsp3) is 0.375. The molecule has 1 aliphatic heterocycles. The summed E-state index contributed by atoms with van der Waals surface area (Å²) in [6, 6.07) is 21.3. The Hall–Kier alpha value is -2.59. The van der Waals surface area contributed by atoms with Gasteiger partial charge in [0.2, 0.25) is 0 Å². The van der Waals surface area contributed by atoms with E-state index in [1.54, 1.807) is 0 Å². The first-order valence-corrected chi connectivity index (χ1v) is 10.3. The molecule has 0 radical (unpaired) electrons. The number of piperidine rings is 1. The topological polar surface area (TPSA) is 58.0 Å². The summed E-state index contributed by atoms with van der Waals surface area (Å²) in [4.78, 5) is 12.3. The average Bonchev–Trinajstić information content (AvgIpc) is 3.13. The van der Waals surface area contributed by atoms with Crippen LogP contribution in [0.5, 0.6) is 0 Å². The zero-order valence-corrected chi connectivity index (χ0v) is 16.2. The summed E-state index contributed by atoms with van der Waals surface area (Å²) in [5, 5.41) is 5.96. The van der Waals surface area contributed by atoms with Gasteiger partial charge in [0, 0.05) is 11.8 Å². The monoisotopic (exact) mass is 376 g/mol. The zero-order valence-electron chi connectivity index (χ0n) is 16.2.